The van der Waals surface area contributed by atoms with E-state index in [1.165, 1.54) is 0 Å². The first kappa shape index (κ1) is 12.5. The van der Waals surface area contributed by atoms with Gasteiger partial charge in [-0.3, -0.25) is 11.3 Å². The van der Waals surface area contributed by atoms with Gasteiger partial charge in [-0.1, -0.05) is 0 Å². The largest absolute Gasteiger partial charge is 0.395 e. The Labute approximate surface area is 78.7 Å². The fraction of sp³-hybridized carbons (Fsp3) is 0.875. The Hall–Kier alpha value is -0.490. The molecule has 0 aromatic rings. The summed E-state index contributed by atoms with van der Waals surface area (Å²) in [4.78, 5) is 10.6. The highest BCUT2D eigenvalue weighted by molar-refractivity contribution is 5.57. The highest BCUT2D eigenvalue weighted by Crippen LogP contribution is 1.95. The van der Waals surface area contributed by atoms with E-state index in [4.69, 9.17) is 10.9 Å². The molecule has 0 amide bonds. The minimum Gasteiger partial charge on any atom is -0.395 e. The van der Waals surface area contributed by atoms with Crippen molar-refractivity contribution in [1.82, 2.24) is 10.7 Å². The third-order valence-corrected chi connectivity index (χ3v) is 1.77. The zero-order valence-corrected chi connectivity index (χ0v) is 7.99. The van der Waals surface area contributed by atoms with Gasteiger partial charge in [0.15, 0.2) is 0 Å². The van der Waals surface area contributed by atoms with Crippen molar-refractivity contribution in [3.8, 4) is 0 Å². The van der Waals surface area contributed by atoms with Gasteiger partial charge in [0.05, 0.1) is 12.6 Å². The quantitative estimate of drug-likeness (QED) is 0.166. The zero-order valence-electron chi connectivity index (χ0n) is 7.99. The Bertz CT molecular complexity index is 133. The number of aliphatic hydroxyl groups excluding tert-OH is 1. The minimum atomic E-state index is -0.185. The van der Waals surface area contributed by atoms with Crippen molar-refractivity contribution in [2.75, 3.05) is 13.2 Å². The molecule has 0 radical (unpaired) electrons. The molecular weight excluding hydrogens is 170 g/mol. The summed E-state index contributed by atoms with van der Waals surface area (Å²) < 4.78 is 0. The van der Waals surface area contributed by atoms with Crippen LogP contribution in [0.4, 0.5) is 0 Å². The van der Waals surface area contributed by atoms with Gasteiger partial charge in [-0.05, 0) is 19.8 Å². The van der Waals surface area contributed by atoms with Gasteiger partial charge in [0.2, 0.25) is 0 Å². The van der Waals surface area contributed by atoms with E-state index in [0.717, 1.165) is 19.1 Å². The summed E-state index contributed by atoms with van der Waals surface area (Å²) >= 11 is 0. The Kier molecular flexibility index (Phi) is 7.82. The van der Waals surface area contributed by atoms with Crippen molar-refractivity contribution in [2.45, 2.75) is 31.8 Å². The van der Waals surface area contributed by atoms with Crippen LogP contribution < -0.4 is 16.6 Å². The molecule has 0 saturated carbocycles. The van der Waals surface area contributed by atoms with Crippen LogP contribution in [0, 0.1) is 0 Å². The predicted molar refractivity (Wildman–Crippen MR) is 51.0 cm³/mol. The lowest BCUT2D eigenvalue weighted by Gasteiger charge is -2.16. The number of hydrogen-bond acceptors (Lipinski definition) is 5. The fourth-order valence-electron chi connectivity index (χ4n) is 1.03. The summed E-state index contributed by atoms with van der Waals surface area (Å²) in [5, 5.41) is 11.7. The van der Waals surface area contributed by atoms with E-state index in [9.17, 15) is 4.79 Å². The van der Waals surface area contributed by atoms with E-state index in [1.54, 1.807) is 0 Å². The number of nitrogens with one attached hydrogen (secondary N) is 2. The van der Waals surface area contributed by atoms with Crippen molar-refractivity contribution < 1.29 is 9.90 Å². The summed E-state index contributed by atoms with van der Waals surface area (Å²) in [5.41, 5.74) is 2.52. The summed E-state index contributed by atoms with van der Waals surface area (Å²) in [5.74, 6) is 5.08. The first-order valence-electron chi connectivity index (χ1n) is 4.50. The topological polar surface area (TPSA) is 87.4 Å². The fourth-order valence-corrected chi connectivity index (χ4v) is 1.03. The second-order valence-electron chi connectivity index (χ2n) is 3.09. The van der Waals surface area contributed by atoms with Gasteiger partial charge in [0, 0.05) is 12.6 Å². The molecule has 0 aliphatic heterocycles. The summed E-state index contributed by atoms with van der Waals surface area (Å²) in [6.45, 7) is 2.57. The van der Waals surface area contributed by atoms with E-state index in [2.05, 4.69) is 10.7 Å². The molecule has 0 aliphatic carbocycles. The van der Waals surface area contributed by atoms with Crippen LogP contribution in [0.1, 0.15) is 19.8 Å². The maximum Gasteiger partial charge on any atom is 0.136 e. The second kappa shape index (κ2) is 8.12. The van der Waals surface area contributed by atoms with Crippen LogP contribution in [0.5, 0.6) is 0 Å². The number of aliphatic hydroxyl groups is 1. The standard InChI is InChI=1S/C8H19N3O2/c1-7(5-12)11-8(6-13)3-2-4-10-9/h6-8,10-12H,2-5,9H2,1H3/t7-,8+/m0/s1. The normalized spacial score (nSPS) is 15.3. The molecule has 0 aromatic heterocycles. The summed E-state index contributed by atoms with van der Waals surface area (Å²) in [6, 6.07) is -0.225. The summed E-state index contributed by atoms with van der Waals surface area (Å²) in [6.07, 6.45) is 2.44. The number of rotatable bonds is 8. The molecule has 0 heterocycles. The molecular formula is C8H19N3O2. The molecule has 0 rings (SSSR count). The lowest BCUT2D eigenvalue weighted by Crippen LogP contribution is -2.40. The molecule has 5 nitrogen and oxygen atoms in total. The third kappa shape index (κ3) is 6.65. The van der Waals surface area contributed by atoms with Gasteiger partial charge < -0.3 is 15.2 Å². The first-order valence-corrected chi connectivity index (χ1v) is 4.50. The lowest BCUT2D eigenvalue weighted by atomic mass is 10.1. The highest BCUT2D eigenvalue weighted by Gasteiger charge is 2.09. The van der Waals surface area contributed by atoms with E-state index >= 15 is 0 Å². The summed E-state index contributed by atoms with van der Waals surface area (Å²) in [7, 11) is 0. The number of nitrogens with two attached hydrogens (primary N) is 1. The predicted octanol–water partition coefficient (Wildman–Crippen LogP) is -1.23. The van der Waals surface area contributed by atoms with Crippen LogP contribution in [0.3, 0.4) is 0 Å². The van der Waals surface area contributed by atoms with Crippen LogP contribution in [0.2, 0.25) is 0 Å². The average Bonchev–Trinajstić information content (AvgIpc) is 2.16. The molecule has 13 heavy (non-hydrogen) atoms. The molecule has 0 aromatic carbocycles. The molecule has 5 N–H and O–H groups in total. The monoisotopic (exact) mass is 189 g/mol. The van der Waals surface area contributed by atoms with Gasteiger partial charge in [-0.2, -0.15) is 0 Å². The van der Waals surface area contributed by atoms with E-state index in [1.807, 2.05) is 6.92 Å². The van der Waals surface area contributed by atoms with Gasteiger partial charge in [-0.25, -0.2) is 0 Å². The molecule has 0 aliphatic rings. The van der Waals surface area contributed by atoms with Crippen molar-refractivity contribution in [1.29, 1.82) is 0 Å². The zero-order chi connectivity index (χ0) is 10.1. The second-order valence-corrected chi connectivity index (χ2v) is 3.09. The van der Waals surface area contributed by atoms with Gasteiger partial charge in [0.25, 0.3) is 0 Å². The maximum atomic E-state index is 10.6. The van der Waals surface area contributed by atoms with Gasteiger partial charge in [0.1, 0.15) is 6.29 Å². The molecule has 0 saturated heterocycles. The first-order chi connectivity index (χ1) is 6.24. The number of hydrazine groups is 1. The molecule has 0 unspecified atom stereocenters. The van der Waals surface area contributed by atoms with Crippen molar-refractivity contribution in [2.24, 2.45) is 5.84 Å². The molecule has 78 valence electrons. The molecule has 5 heteroatoms. The molecule has 0 bridgehead atoms. The smallest absolute Gasteiger partial charge is 0.136 e. The van der Waals surface area contributed by atoms with Crippen LogP contribution in [-0.4, -0.2) is 36.6 Å². The van der Waals surface area contributed by atoms with Crippen molar-refractivity contribution >= 4 is 6.29 Å². The number of carbonyl (C=O) groups excluding carboxylic acids is 1. The van der Waals surface area contributed by atoms with E-state index < -0.39 is 0 Å². The third-order valence-electron chi connectivity index (χ3n) is 1.77. The van der Waals surface area contributed by atoms with Crippen molar-refractivity contribution in [3.05, 3.63) is 0 Å². The minimum absolute atomic E-state index is 0.0407. The molecule has 0 spiro atoms. The van der Waals surface area contributed by atoms with Gasteiger partial charge in [-0.15, -0.1) is 0 Å². The Morgan fingerprint density at radius 1 is 1.62 bits per heavy atom. The van der Waals surface area contributed by atoms with Gasteiger partial charge >= 0.3 is 0 Å². The van der Waals surface area contributed by atoms with Crippen LogP contribution in [0.25, 0.3) is 0 Å². The average molecular weight is 189 g/mol. The Morgan fingerprint density at radius 3 is 2.77 bits per heavy atom. The number of carbonyl (C=O) groups is 1. The van der Waals surface area contributed by atoms with E-state index in [0.29, 0.717) is 6.54 Å². The SMILES string of the molecule is C[C@@H](CO)N[C@@H](C=O)CCCNN. The van der Waals surface area contributed by atoms with Crippen LogP contribution in [0.15, 0.2) is 0 Å². The van der Waals surface area contributed by atoms with Crippen LogP contribution >= 0.6 is 0 Å². The van der Waals surface area contributed by atoms with Crippen LogP contribution in [-0.2, 0) is 4.79 Å². The maximum absolute atomic E-state index is 10.6. The Morgan fingerprint density at radius 2 is 2.31 bits per heavy atom. The van der Waals surface area contributed by atoms with E-state index in [-0.39, 0.29) is 18.7 Å². The number of hydrogen-bond donors (Lipinski definition) is 4. The highest BCUT2D eigenvalue weighted by atomic mass is 16.3. The van der Waals surface area contributed by atoms with Crippen molar-refractivity contribution in [3.63, 3.8) is 0 Å². The lowest BCUT2D eigenvalue weighted by molar-refractivity contribution is -0.109. The molecule has 0 fully saturated rings. The molecule has 2 atom stereocenters. The Balaban J connectivity index is 3.56. The number of aldehydes is 1.